The van der Waals surface area contributed by atoms with Crippen molar-refractivity contribution in [1.82, 2.24) is 4.90 Å². The van der Waals surface area contributed by atoms with Gasteiger partial charge in [0, 0.05) is 0 Å². The average molecular weight is 197 g/mol. The Labute approximate surface area is 85.1 Å². The zero-order chi connectivity index (χ0) is 10.0. The van der Waals surface area contributed by atoms with Crippen molar-refractivity contribution in [2.75, 3.05) is 19.6 Å². The van der Waals surface area contributed by atoms with Crippen molar-refractivity contribution in [3.05, 3.63) is 0 Å². The van der Waals surface area contributed by atoms with Crippen LogP contribution < -0.4 is 0 Å². The molecule has 0 unspecified atom stereocenters. The molecule has 2 rings (SSSR count). The lowest BCUT2D eigenvalue weighted by Crippen LogP contribution is -2.23. The van der Waals surface area contributed by atoms with Crippen molar-refractivity contribution in [3.63, 3.8) is 0 Å². The summed E-state index contributed by atoms with van der Waals surface area (Å²) in [4.78, 5) is 13.1. The summed E-state index contributed by atoms with van der Waals surface area (Å²) in [5.74, 6) is -0.621. The number of hydrogen-bond donors (Lipinski definition) is 1. The van der Waals surface area contributed by atoms with Crippen molar-refractivity contribution < 1.29 is 9.90 Å². The Morgan fingerprint density at radius 2 is 1.93 bits per heavy atom. The van der Waals surface area contributed by atoms with Crippen LogP contribution in [0.25, 0.3) is 0 Å². The lowest BCUT2D eigenvalue weighted by atomic mass is 9.98. The number of nitrogens with zero attached hydrogens (tertiary/aromatic N) is 1. The zero-order valence-electron chi connectivity index (χ0n) is 8.67. The van der Waals surface area contributed by atoms with E-state index < -0.39 is 5.97 Å². The SMILES string of the molecule is O=C(O)CC1(CCN2CCCC2)CC1. The van der Waals surface area contributed by atoms with Crippen LogP contribution in [-0.4, -0.2) is 35.6 Å². The maximum Gasteiger partial charge on any atom is 0.303 e. The van der Waals surface area contributed by atoms with E-state index in [1.54, 1.807) is 0 Å². The molecular formula is C11H19NO2. The molecule has 1 aliphatic heterocycles. The van der Waals surface area contributed by atoms with E-state index in [-0.39, 0.29) is 5.41 Å². The van der Waals surface area contributed by atoms with Crippen LogP contribution in [0.2, 0.25) is 0 Å². The summed E-state index contributed by atoms with van der Waals surface area (Å²) in [6.45, 7) is 3.57. The van der Waals surface area contributed by atoms with Crippen molar-refractivity contribution in [2.45, 2.75) is 38.5 Å². The van der Waals surface area contributed by atoms with Gasteiger partial charge >= 0.3 is 5.97 Å². The first-order valence-corrected chi connectivity index (χ1v) is 5.64. The quantitative estimate of drug-likeness (QED) is 0.729. The Balaban J connectivity index is 1.71. The molecule has 0 spiro atoms. The van der Waals surface area contributed by atoms with Gasteiger partial charge in [-0.25, -0.2) is 0 Å². The number of carboxylic acid groups (broad SMARTS) is 1. The highest BCUT2D eigenvalue weighted by molar-refractivity contribution is 5.68. The third kappa shape index (κ3) is 2.47. The molecule has 0 radical (unpaired) electrons. The summed E-state index contributed by atoms with van der Waals surface area (Å²) in [6, 6.07) is 0. The fourth-order valence-corrected chi connectivity index (χ4v) is 2.41. The van der Waals surface area contributed by atoms with Gasteiger partial charge in [-0.05, 0) is 57.2 Å². The predicted octanol–water partition coefficient (Wildman–Crippen LogP) is 1.73. The number of aliphatic carboxylic acids is 1. The first-order chi connectivity index (χ1) is 6.70. The number of carbonyl (C=O) groups is 1. The van der Waals surface area contributed by atoms with Crippen molar-refractivity contribution >= 4 is 5.97 Å². The van der Waals surface area contributed by atoms with Gasteiger partial charge in [0.2, 0.25) is 0 Å². The second kappa shape index (κ2) is 3.89. The minimum absolute atomic E-state index is 0.189. The molecule has 3 heteroatoms. The lowest BCUT2D eigenvalue weighted by molar-refractivity contribution is -0.138. The van der Waals surface area contributed by atoms with Gasteiger partial charge in [-0.1, -0.05) is 0 Å². The molecule has 80 valence electrons. The van der Waals surface area contributed by atoms with E-state index in [1.165, 1.54) is 25.9 Å². The van der Waals surface area contributed by atoms with Crippen LogP contribution in [0.1, 0.15) is 38.5 Å². The standard InChI is InChI=1S/C11H19NO2/c13-10(14)9-11(3-4-11)5-8-12-6-1-2-7-12/h1-9H2,(H,13,14). The molecule has 0 aromatic carbocycles. The topological polar surface area (TPSA) is 40.5 Å². The molecular weight excluding hydrogens is 178 g/mol. The Bertz CT molecular complexity index is 217. The molecule has 3 nitrogen and oxygen atoms in total. The first-order valence-electron chi connectivity index (χ1n) is 5.64. The van der Waals surface area contributed by atoms with E-state index in [4.69, 9.17) is 5.11 Å². The Morgan fingerprint density at radius 1 is 1.29 bits per heavy atom. The molecule has 0 aromatic heterocycles. The summed E-state index contributed by atoms with van der Waals surface area (Å²) in [7, 11) is 0. The van der Waals surface area contributed by atoms with Crippen LogP contribution in [0.3, 0.4) is 0 Å². The third-order valence-corrected chi connectivity index (χ3v) is 3.64. The van der Waals surface area contributed by atoms with Crippen LogP contribution in [-0.2, 0) is 4.79 Å². The Kier molecular flexibility index (Phi) is 2.77. The normalized spacial score (nSPS) is 25.1. The summed E-state index contributed by atoms with van der Waals surface area (Å²) in [6.07, 6.45) is 6.40. The number of rotatable bonds is 5. The lowest BCUT2D eigenvalue weighted by Gasteiger charge is -2.18. The summed E-state index contributed by atoms with van der Waals surface area (Å²) in [5.41, 5.74) is 0.189. The number of carboxylic acids is 1. The van der Waals surface area contributed by atoms with Crippen LogP contribution >= 0.6 is 0 Å². The van der Waals surface area contributed by atoms with Gasteiger partial charge in [0.1, 0.15) is 0 Å². The molecule has 0 amide bonds. The highest BCUT2D eigenvalue weighted by Crippen LogP contribution is 2.51. The molecule has 14 heavy (non-hydrogen) atoms. The van der Waals surface area contributed by atoms with E-state index >= 15 is 0 Å². The van der Waals surface area contributed by atoms with Crippen molar-refractivity contribution in [3.8, 4) is 0 Å². The fourth-order valence-electron chi connectivity index (χ4n) is 2.41. The number of likely N-dealkylation sites (tertiary alicyclic amines) is 1. The average Bonchev–Trinajstić information content (AvgIpc) is 2.68. The predicted molar refractivity (Wildman–Crippen MR) is 54.2 cm³/mol. The van der Waals surface area contributed by atoms with Crippen molar-refractivity contribution in [2.24, 2.45) is 5.41 Å². The van der Waals surface area contributed by atoms with Crippen LogP contribution in [0.15, 0.2) is 0 Å². The highest BCUT2D eigenvalue weighted by Gasteiger charge is 2.44. The molecule has 1 aliphatic carbocycles. The molecule has 0 aromatic rings. The monoisotopic (exact) mass is 197 g/mol. The molecule has 1 saturated carbocycles. The van der Waals surface area contributed by atoms with Gasteiger partial charge in [-0.2, -0.15) is 0 Å². The fraction of sp³-hybridized carbons (Fsp3) is 0.909. The van der Waals surface area contributed by atoms with Crippen LogP contribution in [0.5, 0.6) is 0 Å². The van der Waals surface area contributed by atoms with Gasteiger partial charge in [-0.15, -0.1) is 0 Å². The molecule has 1 N–H and O–H groups in total. The zero-order valence-corrected chi connectivity index (χ0v) is 8.67. The van der Waals surface area contributed by atoms with Gasteiger partial charge in [0.25, 0.3) is 0 Å². The first kappa shape index (κ1) is 9.97. The van der Waals surface area contributed by atoms with Crippen LogP contribution in [0, 0.1) is 5.41 Å². The minimum atomic E-state index is -0.621. The summed E-state index contributed by atoms with van der Waals surface area (Å²) in [5, 5.41) is 8.77. The molecule has 2 aliphatic rings. The molecule has 0 bridgehead atoms. The second-order valence-electron chi connectivity index (χ2n) is 4.87. The van der Waals surface area contributed by atoms with E-state index in [0.29, 0.717) is 6.42 Å². The van der Waals surface area contributed by atoms with E-state index in [0.717, 1.165) is 25.8 Å². The largest absolute Gasteiger partial charge is 0.481 e. The maximum absolute atomic E-state index is 10.6. The highest BCUT2D eigenvalue weighted by atomic mass is 16.4. The van der Waals surface area contributed by atoms with Gasteiger partial charge in [0.05, 0.1) is 6.42 Å². The summed E-state index contributed by atoms with van der Waals surface area (Å²) < 4.78 is 0. The van der Waals surface area contributed by atoms with E-state index in [1.807, 2.05) is 0 Å². The second-order valence-corrected chi connectivity index (χ2v) is 4.87. The van der Waals surface area contributed by atoms with E-state index in [2.05, 4.69) is 4.90 Å². The molecule has 2 fully saturated rings. The number of hydrogen-bond acceptors (Lipinski definition) is 2. The van der Waals surface area contributed by atoms with Gasteiger partial charge in [-0.3, -0.25) is 4.79 Å². The van der Waals surface area contributed by atoms with Gasteiger partial charge < -0.3 is 10.0 Å². The van der Waals surface area contributed by atoms with Crippen LogP contribution in [0.4, 0.5) is 0 Å². The smallest absolute Gasteiger partial charge is 0.303 e. The summed E-state index contributed by atoms with van der Waals surface area (Å²) >= 11 is 0. The van der Waals surface area contributed by atoms with E-state index in [9.17, 15) is 4.79 Å². The molecule has 1 heterocycles. The third-order valence-electron chi connectivity index (χ3n) is 3.64. The van der Waals surface area contributed by atoms with Gasteiger partial charge in [0.15, 0.2) is 0 Å². The molecule has 1 saturated heterocycles. The Morgan fingerprint density at radius 3 is 2.43 bits per heavy atom. The minimum Gasteiger partial charge on any atom is -0.481 e. The maximum atomic E-state index is 10.6. The molecule has 0 atom stereocenters. The van der Waals surface area contributed by atoms with Crippen molar-refractivity contribution in [1.29, 1.82) is 0 Å². The Hall–Kier alpha value is -0.570.